The number of carbonyl (C=O) groups excluding carboxylic acids is 1. The Morgan fingerprint density at radius 3 is 2.82 bits per heavy atom. The van der Waals surface area contributed by atoms with Gasteiger partial charge in [-0.25, -0.2) is 4.79 Å². The van der Waals surface area contributed by atoms with Crippen LogP contribution in [0.4, 0.5) is 4.79 Å². The van der Waals surface area contributed by atoms with Crippen LogP contribution in [-0.2, 0) is 10.5 Å². The van der Waals surface area contributed by atoms with Crippen molar-refractivity contribution in [1.29, 1.82) is 0 Å². The summed E-state index contributed by atoms with van der Waals surface area (Å²) in [4.78, 5) is 10.3. The summed E-state index contributed by atoms with van der Waals surface area (Å²) in [6.07, 6.45) is -0.198. The Balaban J connectivity index is 2.53. The summed E-state index contributed by atoms with van der Waals surface area (Å²) in [5, 5.41) is 10.5. The van der Waals surface area contributed by atoms with Crippen LogP contribution in [0.5, 0.6) is 0 Å². The molecule has 1 amide bonds. The normalized spacial score (nSPS) is 14.1. The van der Waals surface area contributed by atoms with Gasteiger partial charge in [0.05, 0.1) is 6.61 Å². The molecule has 0 aliphatic carbocycles. The molecule has 1 unspecified atom stereocenters. The summed E-state index contributed by atoms with van der Waals surface area (Å²) in [6, 6.07) is 6.67. The van der Waals surface area contributed by atoms with Gasteiger partial charge in [0.1, 0.15) is 5.72 Å². The molecule has 0 bridgehead atoms. The topological polar surface area (TPSA) is 98.6 Å². The highest BCUT2D eigenvalue weighted by Gasteiger charge is 2.23. The van der Waals surface area contributed by atoms with Gasteiger partial charge in [0.2, 0.25) is 0 Å². The van der Waals surface area contributed by atoms with Crippen molar-refractivity contribution in [2.75, 3.05) is 6.61 Å². The molecule has 0 heterocycles. The fraction of sp³-hybridized carbons (Fsp3) is 0.364. The SMILES string of the molecule is NC(=O)OCCCC(N)(O)c1cccc(Cl)c1. The predicted molar refractivity (Wildman–Crippen MR) is 64.3 cm³/mol. The van der Waals surface area contributed by atoms with Crippen LogP contribution in [0, 0.1) is 0 Å². The highest BCUT2D eigenvalue weighted by Crippen LogP contribution is 2.23. The van der Waals surface area contributed by atoms with Crippen molar-refractivity contribution in [2.45, 2.75) is 18.6 Å². The van der Waals surface area contributed by atoms with Gasteiger partial charge >= 0.3 is 6.09 Å². The molecule has 0 aliphatic rings. The summed E-state index contributed by atoms with van der Waals surface area (Å²) in [5.74, 6) is 0. The monoisotopic (exact) mass is 258 g/mol. The number of benzene rings is 1. The van der Waals surface area contributed by atoms with Crippen LogP contribution in [0.1, 0.15) is 18.4 Å². The number of hydrogen-bond acceptors (Lipinski definition) is 4. The lowest BCUT2D eigenvalue weighted by Crippen LogP contribution is -2.36. The van der Waals surface area contributed by atoms with Gasteiger partial charge in [0, 0.05) is 5.02 Å². The number of nitrogens with two attached hydrogens (primary N) is 2. The van der Waals surface area contributed by atoms with Gasteiger partial charge in [0.25, 0.3) is 0 Å². The Kier molecular flexibility index (Phi) is 4.74. The maximum atomic E-state index is 10.3. The minimum Gasteiger partial charge on any atom is -0.450 e. The fourth-order valence-corrected chi connectivity index (χ4v) is 1.61. The Bertz CT molecular complexity index is 396. The molecule has 0 fully saturated rings. The minimum atomic E-state index is -1.49. The van der Waals surface area contributed by atoms with Crippen molar-refractivity contribution in [1.82, 2.24) is 0 Å². The minimum absolute atomic E-state index is 0.120. The number of amides is 1. The predicted octanol–water partition coefficient (Wildman–Crippen LogP) is 1.32. The van der Waals surface area contributed by atoms with Crippen molar-refractivity contribution >= 4 is 17.7 Å². The van der Waals surface area contributed by atoms with Crippen LogP contribution >= 0.6 is 11.6 Å². The van der Waals surface area contributed by atoms with E-state index in [1.54, 1.807) is 24.3 Å². The van der Waals surface area contributed by atoms with E-state index in [1.807, 2.05) is 0 Å². The zero-order valence-corrected chi connectivity index (χ0v) is 9.98. The second kappa shape index (κ2) is 5.86. The average molecular weight is 259 g/mol. The van der Waals surface area contributed by atoms with Gasteiger partial charge in [-0.2, -0.15) is 0 Å². The standard InChI is InChI=1S/C11H15ClN2O3/c12-9-4-1-3-8(7-9)11(14,16)5-2-6-17-10(13)15/h1,3-4,7,16H,2,5-6,14H2,(H2,13,15). The van der Waals surface area contributed by atoms with E-state index in [-0.39, 0.29) is 13.0 Å². The molecule has 0 spiro atoms. The molecule has 0 aliphatic heterocycles. The van der Waals surface area contributed by atoms with Gasteiger partial charge in [-0.1, -0.05) is 23.7 Å². The quantitative estimate of drug-likeness (QED) is 0.548. The first-order valence-corrected chi connectivity index (χ1v) is 5.49. The molecular weight excluding hydrogens is 244 g/mol. The summed E-state index contributed by atoms with van der Waals surface area (Å²) in [6.45, 7) is 0.120. The van der Waals surface area contributed by atoms with Crippen molar-refractivity contribution in [3.05, 3.63) is 34.9 Å². The molecule has 1 rings (SSSR count). The van der Waals surface area contributed by atoms with E-state index in [4.69, 9.17) is 23.1 Å². The Morgan fingerprint density at radius 2 is 2.24 bits per heavy atom. The molecule has 1 aromatic rings. The molecular formula is C11H15ClN2O3. The van der Waals surface area contributed by atoms with Gasteiger partial charge in [-0.3, -0.25) is 5.73 Å². The van der Waals surface area contributed by atoms with E-state index in [0.29, 0.717) is 17.0 Å². The molecule has 17 heavy (non-hydrogen) atoms. The lowest BCUT2D eigenvalue weighted by Gasteiger charge is -2.23. The Hall–Kier alpha value is -1.30. The van der Waals surface area contributed by atoms with Crippen LogP contribution < -0.4 is 11.5 Å². The van der Waals surface area contributed by atoms with Gasteiger partial charge in [-0.05, 0) is 30.5 Å². The molecule has 1 aromatic carbocycles. The number of hydrogen-bond donors (Lipinski definition) is 3. The van der Waals surface area contributed by atoms with E-state index < -0.39 is 11.8 Å². The van der Waals surface area contributed by atoms with Crippen molar-refractivity contribution < 1.29 is 14.6 Å². The first-order chi connectivity index (χ1) is 7.92. The lowest BCUT2D eigenvalue weighted by atomic mass is 9.99. The van der Waals surface area contributed by atoms with Crippen LogP contribution in [0.25, 0.3) is 0 Å². The first-order valence-electron chi connectivity index (χ1n) is 5.11. The lowest BCUT2D eigenvalue weighted by molar-refractivity contribution is 0.0261. The number of halogens is 1. The fourth-order valence-electron chi connectivity index (χ4n) is 1.42. The van der Waals surface area contributed by atoms with Gasteiger partial charge in [-0.15, -0.1) is 0 Å². The maximum Gasteiger partial charge on any atom is 0.404 e. The van der Waals surface area contributed by atoms with Crippen LogP contribution in [-0.4, -0.2) is 17.8 Å². The molecule has 0 radical (unpaired) electrons. The van der Waals surface area contributed by atoms with Crippen molar-refractivity contribution in [3.63, 3.8) is 0 Å². The summed E-state index contributed by atoms with van der Waals surface area (Å²) in [5.41, 5.74) is 9.57. The van der Waals surface area contributed by atoms with Crippen molar-refractivity contribution in [3.8, 4) is 0 Å². The zero-order valence-electron chi connectivity index (χ0n) is 9.23. The summed E-state index contributed by atoms with van der Waals surface area (Å²) < 4.78 is 4.54. The highest BCUT2D eigenvalue weighted by atomic mass is 35.5. The number of rotatable bonds is 5. The second-order valence-corrected chi connectivity index (χ2v) is 4.14. The second-order valence-electron chi connectivity index (χ2n) is 3.71. The van der Waals surface area contributed by atoms with Crippen LogP contribution in [0.2, 0.25) is 5.02 Å². The smallest absolute Gasteiger partial charge is 0.404 e. The Morgan fingerprint density at radius 1 is 1.53 bits per heavy atom. The molecule has 0 aromatic heterocycles. The Labute approximate surface area is 104 Å². The van der Waals surface area contributed by atoms with Crippen molar-refractivity contribution in [2.24, 2.45) is 11.5 Å². The van der Waals surface area contributed by atoms with E-state index in [1.165, 1.54) is 0 Å². The van der Waals surface area contributed by atoms with E-state index >= 15 is 0 Å². The average Bonchev–Trinajstić information content (AvgIpc) is 2.24. The molecule has 0 saturated heterocycles. The molecule has 6 heteroatoms. The van der Waals surface area contributed by atoms with Gasteiger partial charge < -0.3 is 15.6 Å². The molecule has 1 atom stereocenters. The molecule has 94 valence electrons. The van der Waals surface area contributed by atoms with Gasteiger partial charge in [0.15, 0.2) is 0 Å². The largest absolute Gasteiger partial charge is 0.450 e. The van der Waals surface area contributed by atoms with Crippen LogP contribution in [0.15, 0.2) is 24.3 Å². The highest BCUT2D eigenvalue weighted by molar-refractivity contribution is 6.30. The van der Waals surface area contributed by atoms with E-state index in [2.05, 4.69) is 4.74 Å². The third-order valence-electron chi connectivity index (χ3n) is 2.27. The van der Waals surface area contributed by atoms with E-state index in [9.17, 15) is 9.90 Å². The number of primary amides is 1. The maximum absolute atomic E-state index is 10.3. The number of carbonyl (C=O) groups is 1. The van der Waals surface area contributed by atoms with Crippen LogP contribution in [0.3, 0.4) is 0 Å². The molecule has 0 saturated carbocycles. The number of aliphatic hydroxyl groups is 1. The third-order valence-corrected chi connectivity index (χ3v) is 2.51. The number of ether oxygens (including phenoxy) is 1. The third kappa shape index (κ3) is 4.60. The first kappa shape index (κ1) is 13.8. The molecule has 5 nitrogen and oxygen atoms in total. The summed E-state index contributed by atoms with van der Waals surface area (Å²) in [7, 11) is 0. The zero-order chi connectivity index (χ0) is 12.9. The molecule has 5 N–H and O–H groups in total. The van der Waals surface area contributed by atoms with E-state index in [0.717, 1.165) is 0 Å². The summed E-state index contributed by atoms with van der Waals surface area (Å²) >= 11 is 5.80.